The molecule has 8 nitrogen and oxygen atoms in total. The van der Waals surface area contributed by atoms with Crippen LogP contribution in [0.1, 0.15) is 59.6 Å². The number of amides is 1. The first kappa shape index (κ1) is 33.3. The van der Waals surface area contributed by atoms with Crippen LogP contribution >= 0.6 is 34.8 Å². The third kappa shape index (κ3) is 9.90. The maximum absolute atomic E-state index is 13.8. The lowest BCUT2D eigenvalue weighted by atomic mass is 10.1. The van der Waals surface area contributed by atoms with Gasteiger partial charge in [0.05, 0.1) is 5.02 Å². The number of nitrogens with zero attached hydrogens (tertiary/aromatic N) is 3. The number of hydrogen-bond acceptors (Lipinski definition) is 6. The van der Waals surface area contributed by atoms with Gasteiger partial charge in [-0.2, -0.15) is 4.31 Å². The van der Waals surface area contributed by atoms with Crippen molar-refractivity contribution in [1.82, 2.24) is 9.21 Å². The number of carbonyl (C=O) groups is 1. The maximum Gasteiger partial charge on any atom is 0.410 e. The van der Waals surface area contributed by atoms with E-state index >= 15 is 0 Å². The molecule has 2 rings (SSSR count). The number of sulfonamides is 1. The zero-order chi connectivity index (χ0) is 29.7. The molecule has 0 saturated heterocycles. The molecule has 1 amide bonds. The first-order valence-corrected chi connectivity index (χ1v) is 15.1. The van der Waals surface area contributed by atoms with Crippen molar-refractivity contribution in [2.75, 3.05) is 13.1 Å². The Morgan fingerprint density at radius 2 is 1.44 bits per heavy atom. The molecule has 0 aliphatic rings. The van der Waals surface area contributed by atoms with Crippen molar-refractivity contribution < 1.29 is 17.9 Å². The van der Waals surface area contributed by atoms with Crippen molar-refractivity contribution >= 4 is 56.6 Å². The van der Waals surface area contributed by atoms with Gasteiger partial charge in [0.25, 0.3) is 0 Å². The molecule has 0 saturated carbocycles. The predicted octanol–water partition coefficient (Wildman–Crippen LogP) is 8.28. The summed E-state index contributed by atoms with van der Waals surface area (Å²) in [6.45, 7) is 13.9. The number of rotatable bonds is 11. The predicted molar refractivity (Wildman–Crippen MR) is 157 cm³/mol. The number of carbonyl (C=O) groups excluding carboxylic acids is 1. The lowest BCUT2D eigenvalue weighted by Crippen LogP contribution is -2.38. The number of nitroso groups, excluding NO2 is 1. The van der Waals surface area contributed by atoms with Gasteiger partial charge in [0.15, 0.2) is 0 Å². The molecule has 0 radical (unpaired) electrons. The Hall–Kier alpha value is -1.91. The largest absolute Gasteiger partial charge is 0.444 e. The summed E-state index contributed by atoms with van der Waals surface area (Å²) in [6.07, 6.45) is -0.450. The molecular formula is C27H36Cl3N3O5S. The highest BCUT2D eigenvalue weighted by Crippen LogP contribution is 2.37. The fourth-order valence-corrected chi connectivity index (χ4v) is 6.60. The summed E-state index contributed by atoms with van der Waals surface area (Å²) in [6, 6.07) is 7.63. The molecule has 0 heterocycles. The van der Waals surface area contributed by atoms with Gasteiger partial charge in [-0.1, -0.05) is 68.6 Å². The fraction of sp³-hybridized carbons (Fsp3) is 0.519. The molecule has 0 bridgehead atoms. The van der Waals surface area contributed by atoms with Gasteiger partial charge in [-0.05, 0) is 73.2 Å². The average Bonchev–Trinajstić information content (AvgIpc) is 2.75. The van der Waals surface area contributed by atoms with Crippen LogP contribution in [-0.4, -0.2) is 42.4 Å². The van der Waals surface area contributed by atoms with Gasteiger partial charge in [-0.3, -0.25) is 0 Å². The molecule has 0 spiro atoms. The zero-order valence-electron chi connectivity index (χ0n) is 23.3. The van der Waals surface area contributed by atoms with Crippen LogP contribution in [0, 0.1) is 16.7 Å². The lowest BCUT2D eigenvalue weighted by Gasteiger charge is -2.29. The summed E-state index contributed by atoms with van der Waals surface area (Å²) in [5.74, 6) is 0.141. The Morgan fingerprint density at radius 3 is 1.95 bits per heavy atom. The molecule has 39 heavy (non-hydrogen) atoms. The van der Waals surface area contributed by atoms with E-state index in [1.54, 1.807) is 43.9 Å². The minimum atomic E-state index is -4.24. The van der Waals surface area contributed by atoms with Gasteiger partial charge in [0.1, 0.15) is 16.2 Å². The second kappa shape index (κ2) is 13.6. The summed E-state index contributed by atoms with van der Waals surface area (Å²) in [5.41, 5.74) is 0.259. The Labute approximate surface area is 246 Å². The Kier molecular flexibility index (Phi) is 11.6. The summed E-state index contributed by atoms with van der Waals surface area (Å²) in [5, 5.41) is 3.15. The van der Waals surface area contributed by atoms with Gasteiger partial charge in [-0.25, -0.2) is 13.2 Å². The van der Waals surface area contributed by atoms with Crippen molar-refractivity contribution in [2.24, 2.45) is 17.0 Å². The second-order valence-corrected chi connectivity index (χ2v) is 14.4. The van der Waals surface area contributed by atoms with Crippen LogP contribution in [0.4, 0.5) is 10.5 Å². The lowest BCUT2D eigenvalue weighted by molar-refractivity contribution is 0.0211. The minimum Gasteiger partial charge on any atom is -0.444 e. The number of hydrogen-bond donors (Lipinski definition) is 0. The molecule has 0 aliphatic heterocycles. The van der Waals surface area contributed by atoms with Gasteiger partial charge in [-0.15, -0.1) is 4.91 Å². The van der Waals surface area contributed by atoms with E-state index < -0.39 is 27.4 Å². The minimum absolute atomic E-state index is 0.0468. The summed E-state index contributed by atoms with van der Waals surface area (Å²) in [4.78, 5) is 25.6. The fourth-order valence-electron chi connectivity index (χ4n) is 3.92. The normalized spacial score (nSPS) is 12.3. The summed E-state index contributed by atoms with van der Waals surface area (Å²) in [7, 11) is -4.24. The van der Waals surface area contributed by atoms with Crippen LogP contribution < -0.4 is 0 Å². The first-order chi connectivity index (χ1) is 17.9. The topological polar surface area (TPSA) is 96.4 Å². The van der Waals surface area contributed by atoms with Gasteiger partial charge >= 0.3 is 6.09 Å². The summed E-state index contributed by atoms with van der Waals surface area (Å²) >= 11 is 18.6. The van der Waals surface area contributed by atoms with E-state index in [0.29, 0.717) is 22.7 Å². The average molecular weight is 621 g/mol. The number of ether oxygens (including phenoxy) is 1. The first-order valence-electron chi connectivity index (χ1n) is 12.5. The number of halogens is 3. The van der Waals surface area contributed by atoms with Crippen molar-refractivity contribution in [3.05, 3.63) is 61.4 Å². The standard InChI is InChI=1S/C27H36Cl3N3O5S/c1-17(2)13-32(26(34)38-27(5,6)7)15-19-8-20(10-21(28)9-19)16-33(14-18(3)4)39(36,37)24-12-22(29)11-23(30)25(24)31-35/h8-12,17-18H,13-16H2,1-7H3. The molecule has 0 atom stereocenters. The highest BCUT2D eigenvalue weighted by molar-refractivity contribution is 7.89. The Bertz CT molecular complexity index is 1290. The van der Waals surface area contributed by atoms with E-state index in [4.69, 9.17) is 39.5 Å². The molecule has 12 heteroatoms. The third-order valence-corrected chi connectivity index (χ3v) is 7.81. The molecular weight excluding hydrogens is 585 g/mol. The monoisotopic (exact) mass is 619 g/mol. The smallest absolute Gasteiger partial charge is 0.410 e. The molecule has 216 valence electrons. The molecule has 0 aliphatic carbocycles. The van der Waals surface area contributed by atoms with E-state index in [2.05, 4.69) is 5.18 Å². The molecule has 0 aromatic heterocycles. The van der Waals surface area contributed by atoms with Crippen LogP contribution in [0.2, 0.25) is 15.1 Å². The van der Waals surface area contributed by atoms with Crippen molar-refractivity contribution in [3.8, 4) is 0 Å². The summed E-state index contributed by atoms with van der Waals surface area (Å²) < 4.78 is 34.3. The van der Waals surface area contributed by atoms with Crippen LogP contribution in [0.15, 0.2) is 40.4 Å². The van der Waals surface area contributed by atoms with Crippen LogP contribution in [0.5, 0.6) is 0 Å². The van der Waals surface area contributed by atoms with Gasteiger partial charge < -0.3 is 9.64 Å². The molecule has 0 unspecified atom stereocenters. The van der Waals surface area contributed by atoms with E-state index in [9.17, 15) is 18.1 Å². The molecule has 0 N–H and O–H groups in total. The van der Waals surface area contributed by atoms with Crippen LogP contribution in [0.25, 0.3) is 0 Å². The second-order valence-electron chi connectivity index (χ2n) is 11.2. The molecule has 0 fully saturated rings. The maximum atomic E-state index is 13.8. The van der Waals surface area contributed by atoms with Gasteiger partial charge in [0.2, 0.25) is 10.0 Å². The molecule has 2 aromatic rings. The van der Waals surface area contributed by atoms with Gasteiger partial charge in [0, 0.05) is 36.2 Å². The van der Waals surface area contributed by atoms with E-state index in [1.165, 1.54) is 16.4 Å². The third-order valence-electron chi connectivity index (χ3n) is 5.26. The quantitative estimate of drug-likeness (QED) is 0.236. The Morgan fingerprint density at radius 1 is 0.897 bits per heavy atom. The van der Waals surface area contributed by atoms with E-state index in [-0.39, 0.29) is 46.4 Å². The van der Waals surface area contributed by atoms with Crippen molar-refractivity contribution in [1.29, 1.82) is 0 Å². The number of benzene rings is 2. The van der Waals surface area contributed by atoms with Crippen molar-refractivity contribution in [3.63, 3.8) is 0 Å². The zero-order valence-corrected chi connectivity index (χ0v) is 26.4. The van der Waals surface area contributed by atoms with E-state index in [1.807, 2.05) is 27.7 Å². The molecule has 2 aromatic carbocycles. The van der Waals surface area contributed by atoms with Crippen LogP contribution in [0.3, 0.4) is 0 Å². The SMILES string of the molecule is CC(C)CN(Cc1cc(Cl)cc(CN(CC(C)C)S(=O)(=O)c2cc(Cl)cc(Cl)c2N=O)c1)C(=O)OC(C)(C)C. The van der Waals surface area contributed by atoms with Crippen LogP contribution in [-0.2, 0) is 27.8 Å². The van der Waals surface area contributed by atoms with E-state index in [0.717, 1.165) is 0 Å². The van der Waals surface area contributed by atoms with Crippen molar-refractivity contribution in [2.45, 2.75) is 72.1 Å². The highest BCUT2D eigenvalue weighted by Gasteiger charge is 2.31. The Balaban J connectivity index is 2.48. The highest BCUT2D eigenvalue weighted by atomic mass is 35.5.